The number of fused-ring (bicyclic) bond motifs is 1. The third-order valence-corrected chi connectivity index (χ3v) is 3.62. The number of allylic oxidation sites excluding steroid dienone is 3. The zero-order chi connectivity index (χ0) is 16.9. The number of hydrogen-bond donors (Lipinski definition) is 0. The lowest BCUT2D eigenvalue weighted by Gasteiger charge is -2.10. The van der Waals surface area contributed by atoms with Crippen LogP contribution in [0.4, 0.5) is 4.39 Å². The van der Waals surface area contributed by atoms with Crippen molar-refractivity contribution in [2.75, 3.05) is 0 Å². The summed E-state index contributed by atoms with van der Waals surface area (Å²) in [6, 6.07) is 13.8. The Kier molecular flexibility index (Phi) is 4.66. The van der Waals surface area contributed by atoms with E-state index in [1.165, 1.54) is 12.1 Å². The molecule has 2 aromatic rings. The SMILES string of the molecule is CC1=C(/C=C\CC=O)Oc2ccccc2C(c2ccc(F)cc2)=N1. The van der Waals surface area contributed by atoms with Gasteiger partial charge >= 0.3 is 0 Å². The molecule has 3 nitrogen and oxygen atoms in total. The minimum atomic E-state index is -0.290. The van der Waals surface area contributed by atoms with E-state index in [4.69, 9.17) is 4.74 Å². The molecule has 0 amide bonds. The Morgan fingerprint density at radius 3 is 2.62 bits per heavy atom. The minimum Gasteiger partial charge on any atom is -0.455 e. The molecule has 0 atom stereocenters. The summed E-state index contributed by atoms with van der Waals surface area (Å²) in [5.41, 5.74) is 3.06. The molecule has 3 rings (SSSR count). The first kappa shape index (κ1) is 15.9. The molecule has 0 aromatic heterocycles. The molecule has 2 aromatic carbocycles. The lowest BCUT2D eigenvalue weighted by molar-refractivity contribution is -0.107. The highest BCUT2D eigenvalue weighted by molar-refractivity contribution is 6.15. The summed E-state index contributed by atoms with van der Waals surface area (Å²) in [7, 11) is 0. The summed E-state index contributed by atoms with van der Waals surface area (Å²) in [6.45, 7) is 1.84. The van der Waals surface area contributed by atoms with E-state index in [0.717, 1.165) is 23.1 Å². The topological polar surface area (TPSA) is 38.7 Å². The van der Waals surface area contributed by atoms with Crippen molar-refractivity contribution in [3.63, 3.8) is 0 Å². The molecule has 0 saturated heterocycles. The van der Waals surface area contributed by atoms with E-state index in [1.807, 2.05) is 31.2 Å². The molecule has 1 heterocycles. The van der Waals surface area contributed by atoms with Gasteiger partial charge in [-0.3, -0.25) is 0 Å². The molecular weight excluding hydrogens is 305 g/mol. The number of aldehydes is 1. The van der Waals surface area contributed by atoms with Crippen molar-refractivity contribution in [2.24, 2.45) is 4.99 Å². The summed E-state index contributed by atoms with van der Waals surface area (Å²) in [6.07, 6.45) is 4.62. The second-order valence-corrected chi connectivity index (χ2v) is 5.32. The van der Waals surface area contributed by atoms with Gasteiger partial charge in [-0.25, -0.2) is 9.38 Å². The van der Waals surface area contributed by atoms with Gasteiger partial charge in [0.2, 0.25) is 0 Å². The van der Waals surface area contributed by atoms with E-state index in [1.54, 1.807) is 24.3 Å². The number of carbonyl (C=O) groups excluding carboxylic acids is 1. The maximum absolute atomic E-state index is 13.2. The van der Waals surface area contributed by atoms with Crippen LogP contribution in [0.1, 0.15) is 24.5 Å². The third-order valence-electron chi connectivity index (χ3n) is 3.62. The number of ether oxygens (including phenoxy) is 1. The number of rotatable bonds is 4. The summed E-state index contributed by atoms with van der Waals surface area (Å²) >= 11 is 0. The average Bonchev–Trinajstić information content (AvgIpc) is 2.73. The first-order valence-corrected chi connectivity index (χ1v) is 7.62. The van der Waals surface area contributed by atoms with Gasteiger partial charge in [0.25, 0.3) is 0 Å². The number of hydrogen-bond acceptors (Lipinski definition) is 3. The first-order chi connectivity index (χ1) is 11.7. The van der Waals surface area contributed by atoms with Crippen LogP contribution in [0, 0.1) is 5.82 Å². The monoisotopic (exact) mass is 321 g/mol. The Bertz CT molecular complexity index is 848. The Morgan fingerprint density at radius 2 is 1.88 bits per heavy atom. The number of carbonyl (C=O) groups is 1. The lowest BCUT2D eigenvalue weighted by Crippen LogP contribution is -2.04. The fourth-order valence-corrected chi connectivity index (χ4v) is 2.44. The fourth-order valence-electron chi connectivity index (χ4n) is 2.44. The average molecular weight is 321 g/mol. The van der Waals surface area contributed by atoms with E-state index >= 15 is 0 Å². The van der Waals surface area contributed by atoms with Gasteiger partial charge < -0.3 is 9.53 Å². The fraction of sp³-hybridized carbons (Fsp3) is 0.100. The van der Waals surface area contributed by atoms with Crippen molar-refractivity contribution >= 4 is 12.0 Å². The molecule has 0 spiro atoms. The zero-order valence-electron chi connectivity index (χ0n) is 13.2. The minimum absolute atomic E-state index is 0.290. The van der Waals surface area contributed by atoms with Gasteiger partial charge in [0.05, 0.1) is 11.4 Å². The first-order valence-electron chi connectivity index (χ1n) is 7.62. The highest BCUT2D eigenvalue weighted by atomic mass is 19.1. The Hall–Kier alpha value is -3.01. The maximum atomic E-state index is 13.2. The molecule has 0 aliphatic carbocycles. The number of para-hydroxylation sites is 1. The second-order valence-electron chi connectivity index (χ2n) is 5.32. The third kappa shape index (κ3) is 3.33. The molecule has 120 valence electrons. The predicted molar refractivity (Wildman–Crippen MR) is 91.6 cm³/mol. The van der Waals surface area contributed by atoms with Crippen molar-refractivity contribution in [1.29, 1.82) is 0 Å². The maximum Gasteiger partial charge on any atom is 0.148 e. The van der Waals surface area contributed by atoms with Gasteiger partial charge in [0.15, 0.2) is 0 Å². The second kappa shape index (κ2) is 7.04. The molecule has 0 bridgehead atoms. The molecule has 0 fully saturated rings. The van der Waals surface area contributed by atoms with Crippen LogP contribution in [0.2, 0.25) is 0 Å². The molecule has 0 radical (unpaired) electrons. The van der Waals surface area contributed by atoms with Gasteiger partial charge in [-0.1, -0.05) is 18.2 Å². The molecule has 4 heteroatoms. The number of halogens is 1. The standard InChI is InChI=1S/C20H16FNO2/c1-14-18(7-4-5-13-23)24-19-8-3-2-6-17(19)20(22-14)15-9-11-16(21)12-10-15/h2-4,6-13H,5H2,1H3/b7-4-. The predicted octanol–water partition coefficient (Wildman–Crippen LogP) is 4.43. The van der Waals surface area contributed by atoms with E-state index in [0.29, 0.717) is 23.6 Å². The van der Waals surface area contributed by atoms with E-state index in [2.05, 4.69) is 4.99 Å². The highest BCUT2D eigenvalue weighted by Crippen LogP contribution is 2.29. The van der Waals surface area contributed by atoms with Gasteiger partial charge in [0, 0.05) is 17.5 Å². The molecule has 24 heavy (non-hydrogen) atoms. The molecule has 0 N–H and O–H groups in total. The van der Waals surface area contributed by atoms with Crippen LogP contribution in [-0.4, -0.2) is 12.0 Å². The lowest BCUT2D eigenvalue weighted by atomic mass is 10.0. The molecule has 1 aliphatic heterocycles. The Morgan fingerprint density at radius 1 is 1.12 bits per heavy atom. The molecule has 1 aliphatic rings. The quantitative estimate of drug-likeness (QED) is 0.781. The van der Waals surface area contributed by atoms with E-state index in [-0.39, 0.29) is 5.82 Å². The molecule has 0 saturated carbocycles. The summed E-state index contributed by atoms with van der Waals surface area (Å²) in [5, 5.41) is 0. The number of nitrogens with zero attached hydrogens (tertiary/aromatic N) is 1. The number of aliphatic imine (C=N–C) groups is 1. The summed E-state index contributed by atoms with van der Waals surface area (Å²) in [5.74, 6) is 0.965. The Balaban J connectivity index is 2.12. The summed E-state index contributed by atoms with van der Waals surface area (Å²) < 4.78 is 19.2. The van der Waals surface area contributed by atoms with Crippen LogP contribution in [0.15, 0.2) is 77.1 Å². The van der Waals surface area contributed by atoms with Crippen LogP contribution < -0.4 is 4.74 Å². The van der Waals surface area contributed by atoms with E-state index < -0.39 is 0 Å². The van der Waals surface area contributed by atoms with Gasteiger partial charge in [-0.05, 0) is 49.4 Å². The highest BCUT2D eigenvalue weighted by Gasteiger charge is 2.18. The molecule has 0 unspecified atom stereocenters. The van der Waals surface area contributed by atoms with Crippen molar-refractivity contribution in [2.45, 2.75) is 13.3 Å². The van der Waals surface area contributed by atoms with Crippen LogP contribution >= 0.6 is 0 Å². The summed E-state index contributed by atoms with van der Waals surface area (Å²) in [4.78, 5) is 15.2. The van der Waals surface area contributed by atoms with Crippen LogP contribution in [0.25, 0.3) is 0 Å². The zero-order valence-corrected chi connectivity index (χ0v) is 13.2. The van der Waals surface area contributed by atoms with Crippen molar-refractivity contribution in [3.05, 3.63) is 89.1 Å². The smallest absolute Gasteiger partial charge is 0.148 e. The van der Waals surface area contributed by atoms with E-state index in [9.17, 15) is 9.18 Å². The van der Waals surface area contributed by atoms with Crippen LogP contribution in [-0.2, 0) is 4.79 Å². The van der Waals surface area contributed by atoms with Crippen molar-refractivity contribution in [1.82, 2.24) is 0 Å². The van der Waals surface area contributed by atoms with Gasteiger partial charge in [-0.2, -0.15) is 0 Å². The normalized spacial score (nSPS) is 14.0. The van der Waals surface area contributed by atoms with Gasteiger partial charge in [-0.15, -0.1) is 0 Å². The van der Waals surface area contributed by atoms with Gasteiger partial charge in [0.1, 0.15) is 23.6 Å². The Labute approximate surface area is 139 Å². The largest absolute Gasteiger partial charge is 0.455 e. The van der Waals surface area contributed by atoms with Crippen molar-refractivity contribution < 1.29 is 13.9 Å². The van der Waals surface area contributed by atoms with Crippen LogP contribution in [0.5, 0.6) is 5.75 Å². The number of benzene rings is 2. The molecular formula is C20H16FNO2. The van der Waals surface area contributed by atoms with Crippen molar-refractivity contribution in [3.8, 4) is 5.75 Å². The van der Waals surface area contributed by atoms with Crippen LogP contribution in [0.3, 0.4) is 0 Å².